The summed E-state index contributed by atoms with van der Waals surface area (Å²) in [4.78, 5) is 67.9. The van der Waals surface area contributed by atoms with Gasteiger partial charge in [0.15, 0.2) is 5.82 Å². The molecule has 0 aliphatic carbocycles. The van der Waals surface area contributed by atoms with Crippen molar-refractivity contribution >= 4 is 86.0 Å². The zero-order valence-corrected chi connectivity index (χ0v) is 28.6. The summed E-state index contributed by atoms with van der Waals surface area (Å²) in [7, 11) is 6.43. The molecule has 0 saturated heterocycles. The Balaban J connectivity index is 1.42. The molecule has 0 aliphatic rings. The van der Waals surface area contributed by atoms with Crippen molar-refractivity contribution in [2.24, 2.45) is 33.9 Å². The zero-order chi connectivity index (χ0) is 35.4. The number of aryl methyl sites for hydroxylation is 4. The normalized spacial score (nSPS) is 10.7. The van der Waals surface area contributed by atoms with Gasteiger partial charge in [0.25, 0.3) is 23.6 Å². The molecule has 0 atom stereocenters. The van der Waals surface area contributed by atoms with Crippen LogP contribution in [0.4, 0.5) is 22.9 Å². The fraction of sp³-hybridized carbons (Fsp3) is 0.207. The lowest BCUT2D eigenvalue weighted by Gasteiger charge is -2.11. The molecule has 17 nitrogen and oxygen atoms in total. The van der Waals surface area contributed by atoms with Crippen molar-refractivity contribution in [3.05, 3.63) is 77.0 Å². The monoisotopic (exact) mass is 742 g/mol. The molecule has 0 saturated carbocycles. The summed E-state index contributed by atoms with van der Waals surface area (Å²) in [6, 6.07) is 4.40. The van der Waals surface area contributed by atoms with Gasteiger partial charge in [-0.15, -0.1) is 0 Å². The second-order valence-corrected chi connectivity index (χ2v) is 11.9. The number of aromatic nitrogens is 5. The maximum absolute atomic E-state index is 13.2. The van der Waals surface area contributed by atoms with Gasteiger partial charge in [0.2, 0.25) is 5.82 Å². The van der Waals surface area contributed by atoms with E-state index in [1.54, 1.807) is 45.2 Å². The highest BCUT2D eigenvalue weighted by molar-refractivity contribution is 9.12. The van der Waals surface area contributed by atoms with E-state index in [4.69, 9.17) is 22.9 Å². The molecule has 5 amide bonds. The van der Waals surface area contributed by atoms with Crippen LogP contribution in [0.15, 0.2) is 54.0 Å². The van der Waals surface area contributed by atoms with Gasteiger partial charge < -0.3 is 45.3 Å². The van der Waals surface area contributed by atoms with Crippen LogP contribution in [0, 0.1) is 5.41 Å². The molecule has 0 bridgehead atoms. The average Bonchev–Trinajstić information content (AvgIpc) is 3.77. The minimum Gasteiger partial charge on any atom is -0.388 e. The van der Waals surface area contributed by atoms with Gasteiger partial charge in [-0.2, -0.15) is 0 Å². The lowest BCUT2D eigenvalue weighted by Crippen LogP contribution is -2.28. The van der Waals surface area contributed by atoms with Crippen molar-refractivity contribution in [2.75, 3.05) is 26.9 Å². The molecule has 252 valence electrons. The lowest BCUT2D eigenvalue weighted by atomic mass is 10.3. The Kier molecular flexibility index (Phi) is 10.6. The summed E-state index contributed by atoms with van der Waals surface area (Å²) in [5.41, 5.74) is 6.86. The molecular weight excluding hydrogens is 712 g/mol. The summed E-state index contributed by atoms with van der Waals surface area (Å²) in [6.45, 7) is 3.69. The summed E-state index contributed by atoms with van der Waals surface area (Å²) < 4.78 is 6.81. The van der Waals surface area contributed by atoms with E-state index in [-0.39, 0.29) is 57.9 Å². The highest BCUT2D eigenvalue weighted by Crippen LogP contribution is 2.24. The van der Waals surface area contributed by atoms with Crippen molar-refractivity contribution in [3.63, 3.8) is 0 Å². The van der Waals surface area contributed by atoms with Crippen LogP contribution in [0.1, 0.15) is 48.5 Å². The topological polar surface area (TPSA) is 219 Å². The molecular formula is C29H32BrClN12O5. The Hall–Kier alpha value is -5.62. The number of halogens is 2. The largest absolute Gasteiger partial charge is 0.388 e. The van der Waals surface area contributed by atoms with Crippen molar-refractivity contribution < 1.29 is 24.0 Å². The summed E-state index contributed by atoms with van der Waals surface area (Å²) >= 11 is 9.33. The number of carbonyl (C=O) groups is 5. The first kappa shape index (κ1) is 35.2. The van der Waals surface area contributed by atoms with E-state index < -0.39 is 23.6 Å². The van der Waals surface area contributed by atoms with Crippen LogP contribution in [-0.4, -0.2) is 65.2 Å². The maximum atomic E-state index is 13.2. The fourth-order valence-corrected chi connectivity index (χ4v) is 4.77. The highest BCUT2D eigenvalue weighted by atomic mass is 79.9. The molecule has 0 aliphatic heterocycles. The quantitative estimate of drug-likeness (QED) is 0.0551. The Morgan fingerprint density at radius 2 is 1.38 bits per heavy atom. The van der Waals surface area contributed by atoms with Gasteiger partial charge in [0, 0.05) is 77.7 Å². The number of hydrogen-bond donors (Lipinski definition) is 6. The van der Waals surface area contributed by atoms with Gasteiger partial charge in [-0.3, -0.25) is 29.4 Å². The lowest BCUT2D eigenvalue weighted by molar-refractivity contribution is -0.112. The third kappa shape index (κ3) is 8.02. The molecule has 48 heavy (non-hydrogen) atoms. The van der Waals surface area contributed by atoms with Crippen molar-refractivity contribution in [1.82, 2.24) is 28.6 Å². The number of amides is 5. The van der Waals surface area contributed by atoms with Gasteiger partial charge >= 0.3 is 5.91 Å². The van der Waals surface area contributed by atoms with E-state index in [1.165, 1.54) is 44.3 Å². The Labute approximate surface area is 287 Å². The SMILES string of the molecule is C=C(Br)C(=O)Nc1cn(C)c(C(=O)N(Cl)c2cc(C(=O)Nc3cc(C(=O)Nc4cc(C(=O)NCCC(=N)N)n(C)c4)n(C)c3)n(C)c2)n1. The second kappa shape index (κ2) is 14.4. The minimum atomic E-state index is -0.715. The van der Waals surface area contributed by atoms with Crippen molar-refractivity contribution in [3.8, 4) is 0 Å². The van der Waals surface area contributed by atoms with Crippen LogP contribution in [0.3, 0.4) is 0 Å². The number of amidine groups is 1. The van der Waals surface area contributed by atoms with Gasteiger partial charge in [0.05, 0.1) is 27.4 Å². The molecule has 4 aromatic heterocycles. The molecule has 0 radical (unpaired) electrons. The summed E-state index contributed by atoms with van der Waals surface area (Å²) in [5, 5.41) is 17.9. The predicted octanol–water partition coefficient (Wildman–Crippen LogP) is 2.64. The molecule has 4 aromatic rings. The zero-order valence-electron chi connectivity index (χ0n) is 26.2. The first-order valence-corrected chi connectivity index (χ1v) is 15.1. The number of hydrogen-bond acceptors (Lipinski definition) is 7. The van der Waals surface area contributed by atoms with Crippen molar-refractivity contribution in [2.45, 2.75) is 6.42 Å². The summed E-state index contributed by atoms with van der Waals surface area (Å²) in [5.74, 6) is -2.68. The van der Waals surface area contributed by atoms with Gasteiger partial charge in [-0.1, -0.05) is 6.58 Å². The number of anilines is 4. The molecule has 19 heteroatoms. The molecule has 4 heterocycles. The predicted molar refractivity (Wildman–Crippen MR) is 184 cm³/mol. The van der Waals surface area contributed by atoms with E-state index in [0.29, 0.717) is 17.1 Å². The number of nitrogens with zero attached hydrogens (tertiary/aromatic N) is 6. The van der Waals surface area contributed by atoms with Crippen LogP contribution in [-0.2, 0) is 33.0 Å². The maximum Gasteiger partial charge on any atom is 0.309 e. The molecule has 0 unspecified atom stereocenters. The number of nitrogens with two attached hydrogens (primary N) is 1. The molecule has 0 aromatic carbocycles. The van der Waals surface area contributed by atoms with Gasteiger partial charge in [-0.25, -0.2) is 9.40 Å². The molecule has 0 fully saturated rings. The fourth-order valence-electron chi connectivity index (χ4n) is 4.50. The third-order valence-corrected chi connectivity index (χ3v) is 7.56. The summed E-state index contributed by atoms with van der Waals surface area (Å²) in [6.07, 6.45) is 6.25. The van der Waals surface area contributed by atoms with E-state index in [9.17, 15) is 24.0 Å². The number of nitrogens with one attached hydrogen (secondary N) is 5. The van der Waals surface area contributed by atoms with E-state index in [0.717, 1.165) is 4.42 Å². The smallest absolute Gasteiger partial charge is 0.309 e. The van der Waals surface area contributed by atoms with Gasteiger partial charge in [0.1, 0.15) is 17.1 Å². The van der Waals surface area contributed by atoms with Crippen LogP contribution < -0.4 is 31.4 Å². The average molecular weight is 744 g/mol. The third-order valence-electron chi connectivity index (χ3n) is 6.85. The molecule has 7 N–H and O–H groups in total. The number of imidazole rings is 1. The van der Waals surface area contributed by atoms with E-state index in [1.807, 2.05) is 0 Å². The van der Waals surface area contributed by atoms with Crippen LogP contribution in [0.5, 0.6) is 0 Å². The van der Waals surface area contributed by atoms with Crippen LogP contribution in [0.2, 0.25) is 0 Å². The Morgan fingerprint density at radius 3 is 1.92 bits per heavy atom. The molecule has 0 spiro atoms. The number of carbonyl (C=O) groups excluding carboxylic acids is 5. The Morgan fingerprint density at radius 1 is 0.854 bits per heavy atom. The Bertz CT molecular complexity index is 1970. The van der Waals surface area contributed by atoms with Gasteiger partial charge in [-0.05, 0) is 34.1 Å². The molecule has 4 rings (SSSR count). The second-order valence-electron chi connectivity index (χ2n) is 10.6. The standard InChI is InChI=1S/C29H32BrClN12O5/c1-15(30)25(44)38-23-14-42(5)24(37-23)29(48)43(31)18-10-21(41(4)13-18)28(47)36-17-9-20(40(3)12-17)27(46)35-16-8-19(39(2)11-16)26(45)34-7-6-22(32)33/h8-14H,1,6-7H2,2-5H3,(H3,32,33)(H,34,45)(H,35,46)(H,36,47)(H,38,44). The highest BCUT2D eigenvalue weighted by Gasteiger charge is 2.25. The van der Waals surface area contributed by atoms with Crippen LogP contribution in [0.25, 0.3) is 0 Å². The number of rotatable bonds is 12. The minimum absolute atomic E-state index is 0.0429. The first-order valence-electron chi connectivity index (χ1n) is 14.0. The van der Waals surface area contributed by atoms with E-state index >= 15 is 0 Å². The van der Waals surface area contributed by atoms with E-state index in [2.05, 4.69) is 48.8 Å². The first-order chi connectivity index (χ1) is 22.5. The van der Waals surface area contributed by atoms with Crippen molar-refractivity contribution in [1.29, 1.82) is 5.41 Å². The van der Waals surface area contributed by atoms with Crippen LogP contribution >= 0.6 is 27.7 Å².